The fourth-order valence-corrected chi connectivity index (χ4v) is 5.28. The van der Waals surface area contributed by atoms with Gasteiger partial charge < -0.3 is 4.57 Å². The van der Waals surface area contributed by atoms with Crippen LogP contribution < -0.4 is 0 Å². The van der Waals surface area contributed by atoms with Gasteiger partial charge in [-0.05, 0) is 65.6 Å². The van der Waals surface area contributed by atoms with E-state index in [1.165, 1.54) is 33.9 Å². The molecule has 0 saturated heterocycles. The number of aryl methyl sites for hydroxylation is 3. The summed E-state index contributed by atoms with van der Waals surface area (Å²) in [4.78, 5) is 0. The Hall–Kier alpha value is -2.92. The first-order chi connectivity index (χ1) is 16.2. The molecule has 0 amide bonds. The molecule has 0 spiro atoms. The minimum absolute atomic E-state index is 0.119. The van der Waals surface area contributed by atoms with Crippen molar-refractivity contribution in [2.45, 2.75) is 63.9 Å². The van der Waals surface area contributed by atoms with E-state index < -0.39 is 0 Å². The Balaban J connectivity index is 1.63. The highest BCUT2D eigenvalue weighted by Gasteiger charge is 2.19. The van der Waals surface area contributed by atoms with Crippen LogP contribution in [0, 0.1) is 19.7 Å². The lowest BCUT2D eigenvalue weighted by atomic mass is 9.84. The molecule has 0 aliphatic rings. The quantitative estimate of drug-likeness (QED) is 0.260. The Bertz CT molecular complexity index is 1250. The Labute approximate surface area is 206 Å². The van der Waals surface area contributed by atoms with E-state index in [0.717, 1.165) is 17.3 Å². The summed E-state index contributed by atoms with van der Waals surface area (Å²) in [5.41, 5.74) is 7.09. The molecule has 3 nitrogen and oxygen atoms in total. The lowest BCUT2D eigenvalue weighted by Crippen LogP contribution is -2.12. The number of hydrogen-bond acceptors (Lipinski definition) is 3. The van der Waals surface area contributed by atoms with Gasteiger partial charge in [-0.15, -0.1) is 10.2 Å². The van der Waals surface area contributed by atoms with E-state index >= 15 is 0 Å². The number of rotatable bonds is 7. The van der Waals surface area contributed by atoms with Gasteiger partial charge in [0.2, 0.25) is 0 Å². The maximum absolute atomic E-state index is 14.6. The molecule has 0 atom stereocenters. The largest absolute Gasteiger partial charge is 0.302 e. The molecule has 4 rings (SSSR count). The molecule has 0 bridgehead atoms. The molecule has 34 heavy (non-hydrogen) atoms. The molecule has 0 aliphatic heterocycles. The highest BCUT2D eigenvalue weighted by molar-refractivity contribution is 7.98. The zero-order valence-electron chi connectivity index (χ0n) is 20.6. The zero-order chi connectivity index (χ0) is 24.3. The van der Waals surface area contributed by atoms with Gasteiger partial charge in [0.05, 0.1) is 5.56 Å². The molecule has 0 fully saturated rings. The molecule has 1 aromatic heterocycles. The Morgan fingerprint density at radius 2 is 1.53 bits per heavy atom. The molecule has 3 aromatic carbocycles. The predicted molar refractivity (Wildman–Crippen MR) is 140 cm³/mol. The minimum atomic E-state index is -0.281. The summed E-state index contributed by atoms with van der Waals surface area (Å²) < 4.78 is 16.7. The maximum Gasteiger partial charge on any atom is 0.191 e. The van der Waals surface area contributed by atoms with Crippen LogP contribution in [0.25, 0.3) is 11.4 Å². The third-order valence-corrected chi connectivity index (χ3v) is 7.20. The number of aromatic nitrogens is 3. The van der Waals surface area contributed by atoms with Gasteiger partial charge in [-0.3, -0.25) is 0 Å². The highest BCUT2D eigenvalue weighted by atomic mass is 32.2. The van der Waals surface area contributed by atoms with Gasteiger partial charge in [-0.1, -0.05) is 87.1 Å². The summed E-state index contributed by atoms with van der Waals surface area (Å²) in [5.74, 6) is 1.09. The van der Waals surface area contributed by atoms with Crippen LogP contribution in [0.4, 0.5) is 4.39 Å². The topological polar surface area (TPSA) is 30.7 Å². The Morgan fingerprint density at radius 1 is 0.882 bits per heavy atom. The maximum atomic E-state index is 14.6. The van der Waals surface area contributed by atoms with Crippen molar-refractivity contribution in [1.82, 2.24) is 14.8 Å². The second-order valence-electron chi connectivity index (χ2n) is 9.80. The molecule has 176 valence electrons. The summed E-state index contributed by atoms with van der Waals surface area (Å²) in [6, 6.07) is 21.7. The van der Waals surface area contributed by atoms with Crippen LogP contribution in [0.5, 0.6) is 0 Å². The number of thioether (sulfide) groups is 1. The lowest BCUT2D eigenvalue weighted by molar-refractivity contribution is 0.589. The van der Waals surface area contributed by atoms with E-state index in [1.54, 1.807) is 23.9 Å². The van der Waals surface area contributed by atoms with Crippen molar-refractivity contribution in [1.29, 1.82) is 0 Å². The van der Waals surface area contributed by atoms with Crippen molar-refractivity contribution < 1.29 is 4.39 Å². The fraction of sp³-hybridized carbons (Fsp3) is 0.310. The fourth-order valence-electron chi connectivity index (χ4n) is 4.12. The number of benzene rings is 3. The smallest absolute Gasteiger partial charge is 0.191 e. The molecule has 1 heterocycles. The van der Waals surface area contributed by atoms with Crippen LogP contribution in [0.3, 0.4) is 0 Å². The van der Waals surface area contributed by atoms with E-state index in [0.29, 0.717) is 17.9 Å². The number of nitrogens with zero attached hydrogens (tertiary/aromatic N) is 3. The molecule has 0 unspecified atom stereocenters. The van der Waals surface area contributed by atoms with Gasteiger partial charge in [0, 0.05) is 12.3 Å². The highest BCUT2D eigenvalue weighted by Crippen LogP contribution is 2.32. The normalized spacial score (nSPS) is 11.7. The van der Waals surface area contributed by atoms with Gasteiger partial charge >= 0.3 is 0 Å². The standard InChI is InChI=1S/C29H32FN3S/c1-20-17-23(29(3,4)5)18-21(2)25(20)19-34-28-32-31-27(24-13-9-10-14-26(24)30)33(28)16-15-22-11-7-6-8-12-22/h6-14,17-18H,15-16,19H2,1-5H3. The van der Waals surface area contributed by atoms with Crippen molar-refractivity contribution in [3.63, 3.8) is 0 Å². The van der Waals surface area contributed by atoms with Gasteiger partial charge in [0.25, 0.3) is 0 Å². The van der Waals surface area contributed by atoms with Gasteiger partial charge in [0.15, 0.2) is 11.0 Å². The van der Waals surface area contributed by atoms with Crippen molar-refractivity contribution in [2.75, 3.05) is 0 Å². The first kappa shape index (κ1) is 24.2. The minimum Gasteiger partial charge on any atom is -0.302 e. The lowest BCUT2D eigenvalue weighted by Gasteiger charge is -2.22. The summed E-state index contributed by atoms with van der Waals surface area (Å²) in [5, 5.41) is 9.71. The van der Waals surface area contributed by atoms with Gasteiger partial charge in [0.1, 0.15) is 5.82 Å². The SMILES string of the molecule is Cc1cc(C(C)(C)C)cc(C)c1CSc1nnc(-c2ccccc2F)n1CCc1ccccc1. The van der Waals surface area contributed by atoms with Gasteiger partial charge in [-0.2, -0.15) is 0 Å². The number of hydrogen-bond donors (Lipinski definition) is 0. The van der Waals surface area contributed by atoms with E-state index in [-0.39, 0.29) is 11.2 Å². The molecule has 0 aliphatic carbocycles. The molecule has 5 heteroatoms. The van der Waals surface area contributed by atoms with Crippen LogP contribution in [0.1, 0.15) is 48.6 Å². The first-order valence-electron chi connectivity index (χ1n) is 11.7. The molecule has 4 aromatic rings. The molecule has 0 N–H and O–H groups in total. The third kappa shape index (κ3) is 5.41. The van der Waals surface area contributed by atoms with Crippen LogP contribution in [0.2, 0.25) is 0 Å². The Kier molecular flexibility index (Phi) is 7.22. The van der Waals surface area contributed by atoms with Crippen molar-refractivity contribution >= 4 is 11.8 Å². The van der Waals surface area contributed by atoms with Crippen LogP contribution >= 0.6 is 11.8 Å². The third-order valence-electron chi connectivity index (χ3n) is 6.21. The molecular weight excluding hydrogens is 441 g/mol. The van der Waals surface area contributed by atoms with Crippen molar-refractivity contribution in [2.24, 2.45) is 0 Å². The van der Waals surface area contributed by atoms with Crippen molar-refractivity contribution in [3.05, 3.63) is 100 Å². The van der Waals surface area contributed by atoms with E-state index in [1.807, 2.05) is 24.3 Å². The van der Waals surface area contributed by atoms with Crippen molar-refractivity contribution in [3.8, 4) is 11.4 Å². The molecular formula is C29H32FN3S. The molecule has 0 radical (unpaired) electrons. The second-order valence-corrected chi connectivity index (χ2v) is 10.7. The van der Waals surface area contributed by atoms with Gasteiger partial charge in [-0.25, -0.2) is 4.39 Å². The van der Waals surface area contributed by atoms with Crippen LogP contribution in [-0.4, -0.2) is 14.8 Å². The average Bonchev–Trinajstić information content (AvgIpc) is 3.20. The second kappa shape index (κ2) is 10.1. The van der Waals surface area contributed by atoms with Crippen LogP contribution in [0.15, 0.2) is 71.9 Å². The summed E-state index contributed by atoms with van der Waals surface area (Å²) in [6.07, 6.45) is 0.826. The summed E-state index contributed by atoms with van der Waals surface area (Å²) in [7, 11) is 0. The number of halogens is 1. The molecule has 0 saturated carbocycles. The van der Waals surface area contributed by atoms with Crippen LogP contribution in [-0.2, 0) is 24.1 Å². The Morgan fingerprint density at radius 3 is 2.18 bits per heavy atom. The van der Waals surface area contributed by atoms with E-state index in [9.17, 15) is 4.39 Å². The summed E-state index contributed by atoms with van der Waals surface area (Å²) in [6.45, 7) is 11.8. The first-order valence-corrected chi connectivity index (χ1v) is 12.7. The average molecular weight is 474 g/mol. The van der Waals surface area contributed by atoms with E-state index in [2.05, 4.69) is 73.6 Å². The summed E-state index contributed by atoms with van der Waals surface area (Å²) >= 11 is 1.67. The zero-order valence-corrected chi connectivity index (χ0v) is 21.4. The predicted octanol–water partition coefficient (Wildman–Crippen LogP) is 7.53. The monoisotopic (exact) mass is 473 g/mol. The van der Waals surface area contributed by atoms with E-state index in [4.69, 9.17) is 0 Å².